The predicted molar refractivity (Wildman–Crippen MR) is 78.8 cm³/mol. The number of pyridine rings is 1. The Labute approximate surface area is 115 Å². The number of aromatic nitrogens is 1. The normalized spacial score (nSPS) is 10.8. The zero-order valence-corrected chi connectivity index (χ0v) is 11.4. The summed E-state index contributed by atoms with van der Waals surface area (Å²) in [6, 6.07) is 11.8. The smallest absolute Gasteiger partial charge is 0.185 e. The molecular weight excluding hydrogens is 254 g/mol. The molecule has 0 aliphatic carbocycles. The molecule has 0 unspecified atom stereocenters. The van der Waals surface area contributed by atoms with Crippen LogP contribution in [0.1, 0.15) is 21.6 Å². The minimum absolute atomic E-state index is 0.0762. The molecule has 2 aromatic heterocycles. The third-order valence-corrected chi connectivity index (χ3v) is 3.89. The van der Waals surface area contributed by atoms with Crippen molar-refractivity contribution in [1.29, 1.82) is 0 Å². The van der Waals surface area contributed by atoms with E-state index in [2.05, 4.69) is 4.98 Å². The average molecular weight is 267 g/mol. The molecule has 3 rings (SSSR count). The number of benzene rings is 1. The van der Waals surface area contributed by atoms with Gasteiger partial charge in [-0.2, -0.15) is 11.3 Å². The van der Waals surface area contributed by atoms with E-state index in [0.29, 0.717) is 12.1 Å². The van der Waals surface area contributed by atoms with Crippen molar-refractivity contribution in [1.82, 2.24) is 4.98 Å². The van der Waals surface area contributed by atoms with Gasteiger partial charge in [0.25, 0.3) is 0 Å². The van der Waals surface area contributed by atoms with Gasteiger partial charge in [0.2, 0.25) is 0 Å². The van der Waals surface area contributed by atoms with Crippen molar-refractivity contribution >= 4 is 28.0 Å². The second-order valence-electron chi connectivity index (χ2n) is 4.57. The molecule has 0 radical (unpaired) electrons. The SMILES string of the molecule is Cc1cc(C(=O)Cc2ccsc2)nc2ccccc12. The Morgan fingerprint density at radius 3 is 2.89 bits per heavy atom. The topological polar surface area (TPSA) is 30.0 Å². The summed E-state index contributed by atoms with van der Waals surface area (Å²) in [5, 5.41) is 5.10. The van der Waals surface area contributed by atoms with Crippen molar-refractivity contribution in [2.45, 2.75) is 13.3 Å². The van der Waals surface area contributed by atoms with Gasteiger partial charge in [0.05, 0.1) is 5.52 Å². The van der Waals surface area contributed by atoms with E-state index >= 15 is 0 Å². The van der Waals surface area contributed by atoms with Gasteiger partial charge in [-0.05, 0) is 47.0 Å². The Balaban J connectivity index is 1.98. The van der Waals surface area contributed by atoms with Crippen LogP contribution < -0.4 is 0 Å². The Morgan fingerprint density at radius 2 is 2.11 bits per heavy atom. The number of thiophene rings is 1. The van der Waals surface area contributed by atoms with E-state index < -0.39 is 0 Å². The number of para-hydroxylation sites is 1. The summed E-state index contributed by atoms with van der Waals surface area (Å²) >= 11 is 1.61. The molecule has 0 saturated heterocycles. The molecule has 2 heterocycles. The largest absolute Gasteiger partial charge is 0.292 e. The minimum Gasteiger partial charge on any atom is -0.292 e. The first kappa shape index (κ1) is 12.1. The fourth-order valence-electron chi connectivity index (χ4n) is 2.16. The van der Waals surface area contributed by atoms with Gasteiger partial charge < -0.3 is 0 Å². The predicted octanol–water partition coefficient (Wildman–Crippen LogP) is 4.03. The molecule has 3 aromatic rings. The summed E-state index contributed by atoms with van der Waals surface area (Å²) in [4.78, 5) is 16.7. The van der Waals surface area contributed by atoms with Crippen LogP contribution in [0.2, 0.25) is 0 Å². The maximum atomic E-state index is 12.3. The number of hydrogen-bond donors (Lipinski definition) is 0. The summed E-state index contributed by atoms with van der Waals surface area (Å²) in [7, 11) is 0. The van der Waals surface area contributed by atoms with Gasteiger partial charge in [-0.1, -0.05) is 18.2 Å². The highest BCUT2D eigenvalue weighted by molar-refractivity contribution is 7.08. The Morgan fingerprint density at radius 1 is 1.26 bits per heavy atom. The third kappa shape index (κ3) is 2.42. The molecule has 0 amide bonds. The maximum Gasteiger partial charge on any atom is 0.185 e. The third-order valence-electron chi connectivity index (χ3n) is 3.15. The summed E-state index contributed by atoms with van der Waals surface area (Å²) in [6.07, 6.45) is 0.425. The Hall–Kier alpha value is -2.00. The standard InChI is InChI=1S/C16H13NOS/c1-11-8-15(16(18)9-12-6-7-19-10-12)17-14-5-3-2-4-13(11)14/h2-8,10H,9H2,1H3. The quantitative estimate of drug-likeness (QED) is 0.671. The van der Waals surface area contributed by atoms with Crippen LogP contribution in [0.3, 0.4) is 0 Å². The molecule has 0 fully saturated rings. The zero-order valence-electron chi connectivity index (χ0n) is 10.6. The number of carbonyl (C=O) groups excluding carboxylic acids is 1. The summed E-state index contributed by atoms with van der Waals surface area (Å²) < 4.78 is 0. The molecule has 0 aliphatic rings. The summed E-state index contributed by atoms with van der Waals surface area (Å²) in [5.74, 6) is 0.0762. The molecule has 94 valence electrons. The van der Waals surface area contributed by atoms with Crippen LogP contribution in [0.4, 0.5) is 0 Å². The fraction of sp³-hybridized carbons (Fsp3) is 0.125. The molecule has 0 saturated carbocycles. The second-order valence-corrected chi connectivity index (χ2v) is 5.35. The fourth-order valence-corrected chi connectivity index (χ4v) is 2.83. The lowest BCUT2D eigenvalue weighted by Crippen LogP contribution is -2.06. The number of aryl methyl sites for hydroxylation is 1. The van der Waals surface area contributed by atoms with E-state index in [0.717, 1.165) is 22.0 Å². The number of Topliss-reactive ketones (excluding diaryl/α,β-unsaturated/α-hetero) is 1. The average Bonchev–Trinajstić information content (AvgIpc) is 2.91. The van der Waals surface area contributed by atoms with E-state index in [9.17, 15) is 4.79 Å². The lowest BCUT2D eigenvalue weighted by atomic mass is 10.0. The Bertz CT molecular complexity index is 732. The van der Waals surface area contributed by atoms with Gasteiger partial charge in [0, 0.05) is 11.8 Å². The van der Waals surface area contributed by atoms with Crippen LogP contribution in [-0.2, 0) is 6.42 Å². The highest BCUT2D eigenvalue weighted by Crippen LogP contribution is 2.18. The van der Waals surface area contributed by atoms with Crippen LogP contribution in [-0.4, -0.2) is 10.8 Å². The monoisotopic (exact) mass is 267 g/mol. The van der Waals surface area contributed by atoms with Crippen molar-refractivity contribution in [2.24, 2.45) is 0 Å². The van der Waals surface area contributed by atoms with Crippen LogP contribution in [0.25, 0.3) is 10.9 Å². The van der Waals surface area contributed by atoms with Crippen molar-refractivity contribution in [3.8, 4) is 0 Å². The highest BCUT2D eigenvalue weighted by atomic mass is 32.1. The zero-order chi connectivity index (χ0) is 13.2. The lowest BCUT2D eigenvalue weighted by Gasteiger charge is -2.05. The van der Waals surface area contributed by atoms with Gasteiger partial charge in [-0.25, -0.2) is 4.98 Å². The molecule has 1 aromatic carbocycles. The summed E-state index contributed by atoms with van der Waals surface area (Å²) in [6.45, 7) is 2.02. The molecule has 2 nitrogen and oxygen atoms in total. The van der Waals surface area contributed by atoms with Crippen molar-refractivity contribution in [2.75, 3.05) is 0 Å². The Kier molecular flexibility index (Phi) is 3.13. The number of fused-ring (bicyclic) bond motifs is 1. The number of carbonyl (C=O) groups is 1. The van der Waals surface area contributed by atoms with Gasteiger partial charge >= 0.3 is 0 Å². The number of nitrogens with zero attached hydrogens (tertiary/aromatic N) is 1. The van der Waals surface area contributed by atoms with Gasteiger partial charge in [0.1, 0.15) is 5.69 Å². The molecular formula is C16H13NOS. The van der Waals surface area contributed by atoms with E-state index in [-0.39, 0.29) is 5.78 Å². The van der Waals surface area contributed by atoms with E-state index in [1.165, 1.54) is 0 Å². The number of rotatable bonds is 3. The second kappa shape index (κ2) is 4.94. The van der Waals surface area contributed by atoms with Crippen LogP contribution in [0.5, 0.6) is 0 Å². The van der Waals surface area contributed by atoms with Crippen molar-refractivity contribution in [3.05, 3.63) is 64.0 Å². The van der Waals surface area contributed by atoms with Gasteiger partial charge in [-0.3, -0.25) is 4.79 Å². The molecule has 0 N–H and O–H groups in total. The molecule has 0 aliphatic heterocycles. The lowest BCUT2D eigenvalue weighted by molar-refractivity contribution is 0.0988. The van der Waals surface area contributed by atoms with Gasteiger partial charge in [-0.15, -0.1) is 0 Å². The van der Waals surface area contributed by atoms with Gasteiger partial charge in [0.15, 0.2) is 5.78 Å². The van der Waals surface area contributed by atoms with E-state index in [1.54, 1.807) is 11.3 Å². The molecule has 19 heavy (non-hydrogen) atoms. The molecule has 3 heteroatoms. The van der Waals surface area contributed by atoms with E-state index in [1.807, 2.05) is 54.1 Å². The molecule has 0 spiro atoms. The summed E-state index contributed by atoms with van der Waals surface area (Å²) in [5.41, 5.74) is 3.60. The van der Waals surface area contributed by atoms with Crippen LogP contribution >= 0.6 is 11.3 Å². The first-order valence-electron chi connectivity index (χ1n) is 6.15. The first-order valence-corrected chi connectivity index (χ1v) is 7.09. The molecule has 0 atom stereocenters. The molecule has 0 bridgehead atoms. The first-order chi connectivity index (χ1) is 9.24. The van der Waals surface area contributed by atoms with Crippen LogP contribution in [0.15, 0.2) is 47.2 Å². The van der Waals surface area contributed by atoms with E-state index in [4.69, 9.17) is 0 Å². The van der Waals surface area contributed by atoms with Crippen LogP contribution in [0, 0.1) is 6.92 Å². The van der Waals surface area contributed by atoms with Crippen molar-refractivity contribution < 1.29 is 4.79 Å². The number of hydrogen-bond acceptors (Lipinski definition) is 3. The maximum absolute atomic E-state index is 12.3. The number of ketones is 1. The van der Waals surface area contributed by atoms with Crippen molar-refractivity contribution in [3.63, 3.8) is 0 Å². The minimum atomic E-state index is 0.0762. The highest BCUT2D eigenvalue weighted by Gasteiger charge is 2.11.